The summed E-state index contributed by atoms with van der Waals surface area (Å²) < 4.78 is 12.9. The number of rotatable bonds is 1. The third-order valence-corrected chi connectivity index (χ3v) is 5.22. The largest absolute Gasteiger partial charge is 0.391 e. The molecule has 1 aliphatic heterocycles. The smallest absolute Gasteiger partial charge is 0.272 e. The van der Waals surface area contributed by atoms with Crippen molar-refractivity contribution >= 4 is 5.91 Å². The lowest BCUT2D eigenvalue weighted by Crippen LogP contribution is -2.52. The number of aromatic nitrogens is 1. The summed E-state index contributed by atoms with van der Waals surface area (Å²) in [6.07, 6.45) is 3.84. The van der Waals surface area contributed by atoms with E-state index in [-0.39, 0.29) is 17.6 Å². The van der Waals surface area contributed by atoms with Gasteiger partial charge in [-0.3, -0.25) is 4.79 Å². The van der Waals surface area contributed by atoms with Gasteiger partial charge in [-0.1, -0.05) is 0 Å². The molecule has 2 saturated carbocycles. The number of amides is 1. The maximum atomic E-state index is 12.9. The fourth-order valence-corrected chi connectivity index (χ4v) is 4.50. The third-order valence-electron chi connectivity index (χ3n) is 5.22. The normalized spacial score (nSPS) is 38.3. The van der Waals surface area contributed by atoms with Gasteiger partial charge in [0.25, 0.3) is 5.91 Å². The van der Waals surface area contributed by atoms with Crippen molar-refractivity contribution < 1.29 is 14.3 Å². The van der Waals surface area contributed by atoms with E-state index in [0.717, 1.165) is 25.5 Å². The zero-order valence-corrected chi connectivity index (χ0v) is 11.1. The molecule has 2 aliphatic carbocycles. The Kier molecular flexibility index (Phi) is 2.61. The molecule has 3 bridgehead atoms. The van der Waals surface area contributed by atoms with E-state index in [2.05, 4.69) is 4.98 Å². The Hall–Kier alpha value is -1.49. The molecule has 0 unspecified atom stereocenters. The van der Waals surface area contributed by atoms with Crippen LogP contribution in [0.3, 0.4) is 0 Å². The molecule has 2 heterocycles. The molecule has 20 heavy (non-hydrogen) atoms. The van der Waals surface area contributed by atoms with Crippen LogP contribution in [0.15, 0.2) is 18.3 Å². The van der Waals surface area contributed by atoms with Gasteiger partial charge in [0, 0.05) is 6.54 Å². The Morgan fingerprint density at radius 1 is 1.30 bits per heavy atom. The first-order valence-electron chi connectivity index (χ1n) is 7.24. The number of aliphatic hydroxyl groups excluding tert-OH is 1. The lowest BCUT2D eigenvalue weighted by atomic mass is 9.78. The minimum absolute atomic E-state index is 0.0712. The van der Waals surface area contributed by atoms with Crippen LogP contribution in [0.25, 0.3) is 0 Å². The summed E-state index contributed by atoms with van der Waals surface area (Å²) in [5.41, 5.74) is 0.267. The van der Waals surface area contributed by atoms with E-state index in [1.165, 1.54) is 12.1 Å². The van der Waals surface area contributed by atoms with Gasteiger partial charge in [0.15, 0.2) is 0 Å². The monoisotopic (exact) mass is 276 g/mol. The fourth-order valence-electron chi connectivity index (χ4n) is 4.50. The molecule has 1 aromatic heterocycles. The molecule has 0 spiro atoms. The number of fused-ring (bicyclic) bond motifs is 2. The van der Waals surface area contributed by atoms with Crippen molar-refractivity contribution in [2.75, 3.05) is 6.54 Å². The topological polar surface area (TPSA) is 53.4 Å². The van der Waals surface area contributed by atoms with Crippen molar-refractivity contribution in [3.63, 3.8) is 0 Å². The number of aliphatic hydroxyl groups is 1. The van der Waals surface area contributed by atoms with Gasteiger partial charge in [0.05, 0.1) is 18.3 Å². The number of carbonyl (C=O) groups excluding carboxylic acids is 1. The number of pyridine rings is 1. The van der Waals surface area contributed by atoms with E-state index in [0.29, 0.717) is 24.3 Å². The molecule has 3 aliphatic rings. The summed E-state index contributed by atoms with van der Waals surface area (Å²) in [7, 11) is 0. The molecule has 0 radical (unpaired) electrons. The highest BCUT2D eigenvalue weighted by Crippen LogP contribution is 2.50. The highest BCUT2D eigenvalue weighted by molar-refractivity contribution is 5.92. The summed E-state index contributed by atoms with van der Waals surface area (Å²) in [5, 5.41) is 10.4. The quantitative estimate of drug-likeness (QED) is 0.844. The maximum Gasteiger partial charge on any atom is 0.272 e. The van der Waals surface area contributed by atoms with E-state index >= 15 is 0 Å². The Balaban J connectivity index is 1.65. The molecule has 3 fully saturated rings. The van der Waals surface area contributed by atoms with Crippen molar-refractivity contribution in [3.05, 3.63) is 29.8 Å². The second-order valence-corrected chi connectivity index (χ2v) is 6.39. The van der Waals surface area contributed by atoms with E-state index in [1.807, 2.05) is 0 Å². The van der Waals surface area contributed by atoms with Gasteiger partial charge < -0.3 is 10.0 Å². The molecule has 1 aromatic rings. The van der Waals surface area contributed by atoms with Crippen molar-refractivity contribution in [2.45, 2.75) is 31.4 Å². The second kappa shape index (κ2) is 4.25. The maximum absolute atomic E-state index is 12.9. The van der Waals surface area contributed by atoms with Crippen molar-refractivity contribution in [1.29, 1.82) is 0 Å². The van der Waals surface area contributed by atoms with Crippen LogP contribution in [0, 0.1) is 23.6 Å². The van der Waals surface area contributed by atoms with Crippen molar-refractivity contribution in [1.82, 2.24) is 9.88 Å². The number of nitrogens with zero attached hydrogens (tertiary/aromatic N) is 2. The lowest BCUT2D eigenvalue weighted by molar-refractivity contribution is 0.0197. The van der Waals surface area contributed by atoms with Gasteiger partial charge in [0.2, 0.25) is 0 Å². The van der Waals surface area contributed by atoms with Crippen LogP contribution in [0.2, 0.25) is 0 Å². The van der Waals surface area contributed by atoms with E-state index < -0.39 is 11.9 Å². The molecule has 5 heteroatoms. The van der Waals surface area contributed by atoms with Gasteiger partial charge in [0.1, 0.15) is 11.5 Å². The summed E-state index contributed by atoms with van der Waals surface area (Å²) in [6.45, 7) is 0.701. The Bertz CT molecular complexity index is 543. The highest BCUT2D eigenvalue weighted by atomic mass is 19.1. The van der Waals surface area contributed by atoms with Gasteiger partial charge in [-0.25, -0.2) is 9.37 Å². The molecule has 5 atom stereocenters. The van der Waals surface area contributed by atoms with Crippen LogP contribution >= 0.6 is 0 Å². The lowest BCUT2D eigenvalue weighted by Gasteiger charge is -2.42. The Labute approximate surface area is 116 Å². The zero-order chi connectivity index (χ0) is 13.9. The van der Waals surface area contributed by atoms with Crippen LogP contribution < -0.4 is 0 Å². The van der Waals surface area contributed by atoms with E-state index in [4.69, 9.17) is 0 Å². The molecule has 106 valence electrons. The number of piperidine rings is 1. The molecule has 0 aromatic carbocycles. The average Bonchev–Trinajstić information content (AvgIpc) is 2.61. The summed E-state index contributed by atoms with van der Waals surface area (Å²) in [5.74, 6) is 0.652. The second-order valence-electron chi connectivity index (χ2n) is 6.39. The number of carbonyl (C=O) groups is 1. The van der Waals surface area contributed by atoms with Crippen molar-refractivity contribution in [2.24, 2.45) is 17.8 Å². The van der Waals surface area contributed by atoms with Gasteiger partial charge >= 0.3 is 0 Å². The van der Waals surface area contributed by atoms with E-state index in [9.17, 15) is 14.3 Å². The molecule has 1 N–H and O–H groups in total. The Morgan fingerprint density at radius 2 is 2.10 bits per heavy atom. The summed E-state index contributed by atoms with van der Waals surface area (Å²) in [6, 6.07) is 2.61. The van der Waals surface area contributed by atoms with Crippen LogP contribution in [-0.4, -0.2) is 39.6 Å². The number of halogens is 1. The third kappa shape index (κ3) is 1.69. The van der Waals surface area contributed by atoms with Gasteiger partial charge in [-0.2, -0.15) is 0 Å². The SMILES string of the molecule is O=C(c1ccc(F)cn1)N1C[C@@H]2C[C@H]3C[C@@H](C2)[C@H]1[C@@H]3O. The molecule has 1 amide bonds. The number of hydrogen-bond donors (Lipinski definition) is 1. The van der Waals surface area contributed by atoms with Crippen LogP contribution in [0.4, 0.5) is 4.39 Å². The van der Waals surface area contributed by atoms with Gasteiger partial charge in [-0.15, -0.1) is 0 Å². The molecular formula is C15H17FN2O2. The minimum atomic E-state index is -0.443. The molecule has 4 rings (SSSR count). The first-order chi connectivity index (χ1) is 9.63. The minimum Gasteiger partial charge on any atom is -0.391 e. The number of likely N-dealkylation sites (tertiary alicyclic amines) is 1. The predicted octanol–water partition coefficient (Wildman–Crippen LogP) is 1.45. The first kappa shape index (κ1) is 12.3. The van der Waals surface area contributed by atoms with Crippen LogP contribution in [0.1, 0.15) is 29.8 Å². The molecular weight excluding hydrogens is 259 g/mol. The average molecular weight is 276 g/mol. The Morgan fingerprint density at radius 3 is 2.85 bits per heavy atom. The van der Waals surface area contributed by atoms with Crippen molar-refractivity contribution in [3.8, 4) is 0 Å². The molecule has 1 saturated heterocycles. The van der Waals surface area contributed by atoms with Gasteiger partial charge in [-0.05, 0) is 49.1 Å². The molecule has 4 nitrogen and oxygen atoms in total. The number of hydrogen-bond acceptors (Lipinski definition) is 3. The summed E-state index contributed by atoms with van der Waals surface area (Å²) in [4.78, 5) is 18.3. The zero-order valence-electron chi connectivity index (χ0n) is 11.1. The first-order valence-corrected chi connectivity index (χ1v) is 7.24. The summed E-state index contributed by atoms with van der Waals surface area (Å²) >= 11 is 0. The van der Waals surface area contributed by atoms with E-state index in [1.54, 1.807) is 4.90 Å². The van der Waals surface area contributed by atoms with Crippen LogP contribution in [-0.2, 0) is 0 Å². The van der Waals surface area contributed by atoms with Crippen LogP contribution in [0.5, 0.6) is 0 Å². The standard InChI is InChI=1S/C15H17FN2O2/c16-11-1-2-12(17-6-11)15(20)18-7-8-3-9-5-10(4-8)14(19)13(9)18/h1-2,6,8-10,13-14,19H,3-5,7H2/t8-,9+,10-,13-,14+/m0/s1. The predicted molar refractivity (Wildman–Crippen MR) is 69.3 cm³/mol. The fraction of sp³-hybridized carbons (Fsp3) is 0.600. The highest BCUT2D eigenvalue weighted by Gasteiger charge is 2.54.